The summed E-state index contributed by atoms with van der Waals surface area (Å²) in [6.45, 7) is 6.49. The van der Waals surface area contributed by atoms with E-state index in [1.54, 1.807) is 0 Å². The molecule has 0 spiro atoms. The van der Waals surface area contributed by atoms with Crippen LogP contribution in [0, 0.1) is 22.7 Å². The van der Waals surface area contributed by atoms with E-state index in [1.165, 1.54) is 6.07 Å². The molecule has 1 aromatic rings. The maximum Gasteiger partial charge on any atom is 0.416 e. The zero-order valence-corrected chi connectivity index (χ0v) is 12.4. The Balaban J connectivity index is 2.24. The predicted octanol–water partition coefficient (Wildman–Crippen LogP) is 4.81. The van der Waals surface area contributed by atoms with Gasteiger partial charge in [-0.2, -0.15) is 18.4 Å². The van der Waals surface area contributed by atoms with Crippen LogP contribution in [-0.2, 0) is 6.18 Å². The molecule has 2 atom stereocenters. The van der Waals surface area contributed by atoms with Gasteiger partial charge in [-0.1, -0.05) is 20.8 Å². The molecule has 0 heterocycles. The minimum Gasteiger partial charge on any atom is -0.381 e. The number of hydrogen-bond donors (Lipinski definition) is 1. The van der Waals surface area contributed by atoms with Crippen LogP contribution in [0.2, 0.25) is 0 Å². The van der Waals surface area contributed by atoms with Crippen LogP contribution in [0.25, 0.3) is 0 Å². The molecule has 1 aliphatic rings. The molecule has 1 saturated carbocycles. The van der Waals surface area contributed by atoms with Crippen molar-refractivity contribution < 1.29 is 13.2 Å². The third kappa shape index (κ3) is 3.49. The Morgan fingerprint density at radius 2 is 1.95 bits per heavy atom. The van der Waals surface area contributed by atoms with Gasteiger partial charge in [0.15, 0.2) is 0 Å². The zero-order chi connectivity index (χ0) is 15.8. The van der Waals surface area contributed by atoms with Crippen molar-refractivity contribution in [2.45, 2.75) is 45.8 Å². The van der Waals surface area contributed by atoms with Crippen molar-refractivity contribution >= 4 is 5.69 Å². The largest absolute Gasteiger partial charge is 0.416 e. The Kier molecular flexibility index (Phi) is 3.92. The lowest BCUT2D eigenvalue weighted by molar-refractivity contribution is -0.137. The summed E-state index contributed by atoms with van der Waals surface area (Å²) in [5, 5.41) is 12.3. The first-order valence-corrected chi connectivity index (χ1v) is 7.00. The van der Waals surface area contributed by atoms with Gasteiger partial charge in [-0.15, -0.1) is 0 Å². The van der Waals surface area contributed by atoms with Crippen LogP contribution >= 0.6 is 0 Å². The quantitative estimate of drug-likeness (QED) is 0.849. The maximum absolute atomic E-state index is 12.7. The number of benzene rings is 1. The summed E-state index contributed by atoms with van der Waals surface area (Å²) in [5.74, 6) is 0.425. The second-order valence-corrected chi connectivity index (χ2v) is 6.67. The molecule has 114 valence electrons. The summed E-state index contributed by atoms with van der Waals surface area (Å²) in [6, 6.07) is 5.33. The van der Waals surface area contributed by atoms with Gasteiger partial charge in [-0.25, -0.2) is 0 Å². The van der Waals surface area contributed by atoms with Gasteiger partial charge >= 0.3 is 6.18 Å². The third-order valence-corrected chi connectivity index (χ3v) is 4.14. The fourth-order valence-corrected chi connectivity index (χ4v) is 3.23. The van der Waals surface area contributed by atoms with Crippen molar-refractivity contribution in [3.8, 4) is 6.07 Å². The summed E-state index contributed by atoms with van der Waals surface area (Å²) in [6.07, 6.45) is -2.42. The fourth-order valence-electron chi connectivity index (χ4n) is 3.23. The van der Waals surface area contributed by atoms with Crippen molar-refractivity contribution in [3.05, 3.63) is 29.3 Å². The van der Waals surface area contributed by atoms with Crippen molar-refractivity contribution in [2.75, 3.05) is 5.32 Å². The van der Waals surface area contributed by atoms with Crippen molar-refractivity contribution in [2.24, 2.45) is 11.3 Å². The number of nitrogens with zero attached hydrogens (tertiary/aromatic N) is 1. The number of anilines is 1. The third-order valence-electron chi connectivity index (χ3n) is 4.14. The molecule has 0 radical (unpaired) electrons. The molecule has 1 fully saturated rings. The van der Waals surface area contributed by atoms with Gasteiger partial charge < -0.3 is 5.32 Å². The molecular formula is C16H19F3N2. The van der Waals surface area contributed by atoms with Crippen molar-refractivity contribution in [1.82, 2.24) is 0 Å². The molecule has 2 nitrogen and oxygen atoms in total. The Morgan fingerprint density at radius 3 is 2.43 bits per heavy atom. The van der Waals surface area contributed by atoms with Crippen LogP contribution in [-0.4, -0.2) is 6.04 Å². The normalized spacial score (nSPS) is 24.6. The van der Waals surface area contributed by atoms with Crippen molar-refractivity contribution in [1.29, 1.82) is 5.26 Å². The average molecular weight is 296 g/mol. The molecule has 1 aliphatic carbocycles. The van der Waals surface area contributed by atoms with Crippen LogP contribution in [0.15, 0.2) is 18.2 Å². The minimum absolute atomic E-state index is 0.0433. The summed E-state index contributed by atoms with van der Waals surface area (Å²) in [5.41, 5.74) is -0.0401. The molecule has 0 aromatic heterocycles. The molecule has 0 saturated heterocycles. The number of nitrogens with one attached hydrogen (secondary N) is 1. The van der Waals surface area contributed by atoms with Gasteiger partial charge in [0.25, 0.3) is 0 Å². The van der Waals surface area contributed by atoms with E-state index in [0.717, 1.165) is 25.0 Å². The van der Waals surface area contributed by atoms with Gasteiger partial charge in [-0.05, 0) is 42.4 Å². The summed E-state index contributed by atoms with van der Waals surface area (Å²) >= 11 is 0. The molecule has 2 rings (SSSR count). The Morgan fingerprint density at radius 1 is 1.29 bits per heavy atom. The van der Waals surface area contributed by atoms with E-state index in [2.05, 4.69) is 26.1 Å². The SMILES string of the molecule is CC1CC(C)(C)CC1Nc1ccc(C(F)(F)F)cc1C#N. The van der Waals surface area contributed by atoms with E-state index in [1.807, 2.05) is 6.07 Å². The lowest BCUT2D eigenvalue weighted by Gasteiger charge is -2.21. The Labute approximate surface area is 123 Å². The number of hydrogen-bond acceptors (Lipinski definition) is 2. The lowest BCUT2D eigenvalue weighted by atomic mass is 9.91. The number of nitriles is 1. The van der Waals surface area contributed by atoms with E-state index in [-0.39, 0.29) is 17.0 Å². The van der Waals surface area contributed by atoms with E-state index >= 15 is 0 Å². The highest BCUT2D eigenvalue weighted by molar-refractivity contribution is 5.59. The highest BCUT2D eigenvalue weighted by atomic mass is 19.4. The van der Waals surface area contributed by atoms with Crippen molar-refractivity contribution in [3.63, 3.8) is 0 Å². The molecule has 0 amide bonds. The van der Waals surface area contributed by atoms with E-state index < -0.39 is 11.7 Å². The first-order valence-electron chi connectivity index (χ1n) is 7.00. The second-order valence-electron chi connectivity index (χ2n) is 6.67. The van der Waals surface area contributed by atoms with E-state index in [0.29, 0.717) is 11.6 Å². The average Bonchev–Trinajstić information content (AvgIpc) is 2.61. The van der Waals surface area contributed by atoms with Gasteiger partial charge in [0.2, 0.25) is 0 Å². The van der Waals surface area contributed by atoms with Gasteiger partial charge in [0, 0.05) is 6.04 Å². The topological polar surface area (TPSA) is 35.8 Å². The Bertz CT molecular complexity index is 570. The van der Waals surface area contributed by atoms with Crippen LogP contribution in [0.4, 0.5) is 18.9 Å². The summed E-state index contributed by atoms with van der Waals surface area (Å²) < 4.78 is 38.0. The molecule has 21 heavy (non-hydrogen) atoms. The summed E-state index contributed by atoms with van der Waals surface area (Å²) in [7, 11) is 0. The smallest absolute Gasteiger partial charge is 0.381 e. The van der Waals surface area contributed by atoms with Gasteiger partial charge in [0.1, 0.15) is 6.07 Å². The van der Waals surface area contributed by atoms with Crippen LogP contribution < -0.4 is 5.32 Å². The molecule has 1 aromatic carbocycles. The maximum atomic E-state index is 12.7. The zero-order valence-electron chi connectivity index (χ0n) is 12.4. The highest BCUT2D eigenvalue weighted by Crippen LogP contribution is 2.42. The minimum atomic E-state index is -4.42. The standard InChI is InChI=1S/C16H19F3N2/c1-10-7-15(2,3)8-14(10)21-13-5-4-12(16(17,18)19)6-11(13)9-20/h4-6,10,14,21H,7-8H2,1-3H3. The Hall–Kier alpha value is -1.70. The molecule has 2 unspecified atom stereocenters. The number of alkyl halides is 3. The van der Waals surface area contributed by atoms with Crippen LogP contribution in [0.5, 0.6) is 0 Å². The van der Waals surface area contributed by atoms with Gasteiger partial charge in [-0.3, -0.25) is 0 Å². The molecule has 5 heteroatoms. The monoisotopic (exact) mass is 296 g/mol. The van der Waals surface area contributed by atoms with Crippen LogP contribution in [0.3, 0.4) is 0 Å². The highest BCUT2D eigenvalue weighted by Gasteiger charge is 2.37. The van der Waals surface area contributed by atoms with Gasteiger partial charge in [0.05, 0.1) is 16.8 Å². The number of rotatable bonds is 2. The van der Waals surface area contributed by atoms with E-state index in [9.17, 15) is 13.2 Å². The number of halogens is 3. The second kappa shape index (κ2) is 5.25. The molecule has 0 aliphatic heterocycles. The fraction of sp³-hybridized carbons (Fsp3) is 0.562. The first kappa shape index (κ1) is 15.7. The van der Waals surface area contributed by atoms with Crippen LogP contribution in [0.1, 0.15) is 44.7 Å². The first-order chi connectivity index (χ1) is 9.62. The van der Waals surface area contributed by atoms with E-state index in [4.69, 9.17) is 5.26 Å². The molecule has 1 N–H and O–H groups in total. The summed E-state index contributed by atoms with van der Waals surface area (Å²) in [4.78, 5) is 0. The molecular weight excluding hydrogens is 277 g/mol. The lowest BCUT2D eigenvalue weighted by Crippen LogP contribution is -2.23. The predicted molar refractivity (Wildman–Crippen MR) is 75.7 cm³/mol. The molecule has 0 bridgehead atoms.